The van der Waals surface area contributed by atoms with Crippen molar-refractivity contribution in [2.75, 3.05) is 24.2 Å². The maximum atomic E-state index is 5.52. The standard InChI is InChI=1S/C11H19N3/c1-11(2,3)8-14(4)9-5-6-10(12)13-7-9/h5-7H,8H2,1-4H3,(H2,12,13). The summed E-state index contributed by atoms with van der Waals surface area (Å²) in [6.45, 7) is 7.65. The van der Waals surface area contributed by atoms with Crippen LogP contribution in [0.4, 0.5) is 11.5 Å². The Labute approximate surface area is 85.9 Å². The molecule has 0 fully saturated rings. The maximum Gasteiger partial charge on any atom is 0.123 e. The van der Waals surface area contributed by atoms with Gasteiger partial charge < -0.3 is 10.6 Å². The topological polar surface area (TPSA) is 42.1 Å². The first-order valence-corrected chi connectivity index (χ1v) is 4.81. The summed E-state index contributed by atoms with van der Waals surface area (Å²) in [6.07, 6.45) is 1.81. The maximum absolute atomic E-state index is 5.52. The number of aromatic nitrogens is 1. The average molecular weight is 193 g/mol. The van der Waals surface area contributed by atoms with Crippen molar-refractivity contribution in [3.05, 3.63) is 18.3 Å². The minimum absolute atomic E-state index is 0.288. The van der Waals surface area contributed by atoms with Gasteiger partial charge in [0.05, 0.1) is 11.9 Å². The van der Waals surface area contributed by atoms with Gasteiger partial charge in [-0.1, -0.05) is 20.8 Å². The minimum atomic E-state index is 0.288. The number of pyridine rings is 1. The van der Waals surface area contributed by atoms with Gasteiger partial charge in [-0.25, -0.2) is 4.98 Å². The van der Waals surface area contributed by atoms with Gasteiger partial charge in [-0.3, -0.25) is 0 Å². The average Bonchev–Trinajstić information content (AvgIpc) is 2.02. The Hall–Kier alpha value is -1.25. The molecule has 0 spiro atoms. The van der Waals surface area contributed by atoms with Gasteiger partial charge in [-0.15, -0.1) is 0 Å². The van der Waals surface area contributed by atoms with Crippen molar-refractivity contribution in [3.8, 4) is 0 Å². The minimum Gasteiger partial charge on any atom is -0.384 e. The molecule has 1 rings (SSSR count). The predicted octanol–water partition coefficient (Wildman–Crippen LogP) is 2.15. The molecule has 1 heterocycles. The number of nitrogens with two attached hydrogens (primary N) is 1. The van der Waals surface area contributed by atoms with Gasteiger partial charge in [0.1, 0.15) is 5.82 Å². The summed E-state index contributed by atoms with van der Waals surface area (Å²) in [6, 6.07) is 3.82. The van der Waals surface area contributed by atoms with Crippen molar-refractivity contribution in [3.63, 3.8) is 0 Å². The summed E-state index contributed by atoms with van der Waals surface area (Å²) < 4.78 is 0. The number of hydrogen-bond donors (Lipinski definition) is 1. The molecule has 0 unspecified atom stereocenters. The Morgan fingerprint density at radius 2 is 2.00 bits per heavy atom. The van der Waals surface area contributed by atoms with Crippen LogP contribution in [0.2, 0.25) is 0 Å². The molecule has 0 aromatic carbocycles. The predicted molar refractivity (Wildman–Crippen MR) is 61.4 cm³/mol. The first-order chi connectivity index (χ1) is 6.38. The molecule has 0 aliphatic heterocycles. The molecule has 0 bridgehead atoms. The van der Waals surface area contributed by atoms with Gasteiger partial charge in [0, 0.05) is 13.6 Å². The summed E-state index contributed by atoms with van der Waals surface area (Å²) in [5.74, 6) is 0.568. The quantitative estimate of drug-likeness (QED) is 0.782. The summed E-state index contributed by atoms with van der Waals surface area (Å²) >= 11 is 0. The number of hydrogen-bond acceptors (Lipinski definition) is 3. The van der Waals surface area contributed by atoms with Crippen molar-refractivity contribution in [2.45, 2.75) is 20.8 Å². The molecule has 3 heteroatoms. The monoisotopic (exact) mass is 193 g/mol. The fraction of sp³-hybridized carbons (Fsp3) is 0.545. The highest BCUT2D eigenvalue weighted by Gasteiger charge is 2.13. The van der Waals surface area contributed by atoms with Crippen LogP contribution < -0.4 is 10.6 Å². The van der Waals surface area contributed by atoms with E-state index < -0.39 is 0 Å². The van der Waals surface area contributed by atoms with Crippen LogP contribution in [0, 0.1) is 5.41 Å². The lowest BCUT2D eigenvalue weighted by molar-refractivity contribution is 0.419. The van der Waals surface area contributed by atoms with Crippen LogP contribution >= 0.6 is 0 Å². The zero-order chi connectivity index (χ0) is 10.8. The van der Waals surface area contributed by atoms with Crippen LogP contribution in [-0.4, -0.2) is 18.6 Å². The van der Waals surface area contributed by atoms with Gasteiger partial charge in [-0.2, -0.15) is 0 Å². The molecular weight excluding hydrogens is 174 g/mol. The van der Waals surface area contributed by atoms with Crippen molar-refractivity contribution in [1.82, 2.24) is 4.98 Å². The van der Waals surface area contributed by atoms with Crippen molar-refractivity contribution in [1.29, 1.82) is 0 Å². The normalized spacial score (nSPS) is 11.4. The highest BCUT2D eigenvalue weighted by Crippen LogP contribution is 2.19. The van der Waals surface area contributed by atoms with E-state index in [4.69, 9.17) is 5.73 Å². The zero-order valence-corrected chi connectivity index (χ0v) is 9.41. The highest BCUT2D eigenvalue weighted by atomic mass is 15.1. The zero-order valence-electron chi connectivity index (χ0n) is 9.41. The molecule has 0 amide bonds. The molecule has 1 aromatic heterocycles. The summed E-state index contributed by atoms with van der Waals surface area (Å²) in [7, 11) is 2.07. The Balaban J connectivity index is 2.70. The first-order valence-electron chi connectivity index (χ1n) is 4.81. The number of nitrogens with zero attached hydrogens (tertiary/aromatic N) is 2. The molecule has 0 aliphatic rings. The summed E-state index contributed by atoms with van der Waals surface area (Å²) in [5, 5.41) is 0. The van der Waals surface area contributed by atoms with E-state index in [1.165, 1.54) is 0 Å². The van der Waals surface area contributed by atoms with Crippen LogP contribution in [0.15, 0.2) is 18.3 Å². The van der Waals surface area contributed by atoms with Crippen LogP contribution in [-0.2, 0) is 0 Å². The molecule has 0 saturated heterocycles. The Morgan fingerprint density at radius 3 is 2.43 bits per heavy atom. The van der Waals surface area contributed by atoms with Gasteiger partial charge in [0.25, 0.3) is 0 Å². The van der Waals surface area contributed by atoms with Crippen molar-refractivity contribution >= 4 is 11.5 Å². The van der Waals surface area contributed by atoms with E-state index in [0.29, 0.717) is 5.82 Å². The molecule has 0 radical (unpaired) electrons. The fourth-order valence-corrected chi connectivity index (χ4v) is 1.43. The van der Waals surface area contributed by atoms with Gasteiger partial charge in [0.15, 0.2) is 0 Å². The van der Waals surface area contributed by atoms with E-state index in [-0.39, 0.29) is 5.41 Å². The molecule has 78 valence electrons. The van der Waals surface area contributed by atoms with Gasteiger partial charge in [-0.05, 0) is 17.5 Å². The number of anilines is 2. The van der Waals surface area contributed by atoms with E-state index in [9.17, 15) is 0 Å². The van der Waals surface area contributed by atoms with E-state index in [0.717, 1.165) is 12.2 Å². The van der Waals surface area contributed by atoms with Crippen molar-refractivity contribution < 1.29 is 0 Å². The number of rotatable bonds is 2. The Kier molecular flexibility index (Phi) is 2.99. The molecule has 2 N–H and O–H groups in total. The molecular formula is C11H19N3. The van der Waals surface area contributed by atoms with E-state index >= 15 is 0 Å². The van der Waals surface area contributed by atoms with Crippen LogP contribution in [0.25, 0.3) is 0 Å². The lowest BCUT2D eigenvalue weighted by Gasteiger charge is -2.27. The van der Waals surface area contributed by atoms with Crippen molar-refractivity contribution in [2.24, 2.45) is 5.41 Å². The molecule has 0 saturated carbocycles. The smallest absolute Gasteiger partial charge is 0.123 e. The van der Waals surface area contributed by atoms with E-state index in [1.807, 2.05) is 12.1 Å². The van der Waals surface area contributed by atoms with Gasteiger partial charge >= 0.3 is 0 Å². The summed E-state index contributed by atoms with van der Waals surface area (Å²) in [5.41, 5.74) is 6.92. The molecule has 0 atom stereocenters. The Morgan fingerprint density at radius 1 is 1.36 bits per heavy atom. The highest BCUT2D eigenvalue weighted by molar-refractivity contribution is 5.47. The SMILES string of the molecule is CN(CC(C)(C)C)c1ccc(N)nc1. The largest absolute Gasteiger partial charge is 0.384 e. The third kappa shape index (κ3) is 3.24. The lowest BCUT2D eigenvalue weighted by Crippen LogP contribution is -2.29. The lowest BCUT2D eigenvalue weighted by atomic mass is 9.96. The third-order valence-electron chi connectivity index (χ3n) is 1.92. The second-order valence-corrected chi connectivity index (χ2v) is 4.86. The van der Waals surface area contributed by atoms with Crippen LogP contribution in [0.1, 0.15) is 20.8 Å². The third-order valence-corrected chi connectivity index (χ3v) is 1.92. The molecule has 1 aromatic rings. The Bertz CT molecular complexity index is 284. The second-order valence-electron chi connectivity index (χ2n) is 4.86. The van der Waals surface area contributed by atoms with E-state index in [1.54, 1.807) is 6.20 Å². The van der Waals surface area contributed by atoms with E-state index in [2.05, 4.69) is 37.7 Å². The van der Waals surface area contributed by atoms with Crippen LogP contribution in [0.3, 0.4) is 0 Å². The fourth-order valence-electron chi connectivity index (χ4n) is 1.43. The number of nitrogen functional groups attached to an aromatic ring is 1. The molecule has 14 heavy (non-hydrogen) atoms. The molecule has 0 aliphatic carbocycles. The molecule has 3 nitrogen and oxygen atoms in total. The first kappa shape index (κ1) is 10.8. The summed E-state index contributed by atoms with van der Waals surface area (Å²) in [4.78, 5) is 6.25. The van der Waals surface area contributed by atoms with Gasteiger partial charge in [0.2, 0.25) is 0 Å². The van der Waals surface area contributed by atoms with Crippen LogP contribution in [0.5, 0.6) is 0 Å². The second kappa shape index (κ2) is 3.86.